The number of aryl methyl sites for hydroxylation is 1. The molecule has 0 aliphatic rings. The Hall–Kier alpha value is -2.97. The molecule has 0 saturated heterocycles. The van der Waals surface area contributed by atoms with Gasteiger partial charge in [0.1, 0.15) is 11.6 Å². The van der Waals surface area contributed by atoms with Gasteiger partial charge in [-0.1, -0.05) is 81.2 Å². The van der Waals surface area contributed by atoms with Crippen LogP contribution < -0.4 is 0 Å². The Bertz CT molecular complexity index is 964. The Labute approximate surface area is 154 Å². The van der Waals surface area contributed by atoms with E-state index in [0.29, 0.717) is 11.4 Å². The number of rotatable bonds is 4. The van der Waals surface area contributed by atoms with Gasteiger partial charge in [-0.15, -0.1) is 0 Å². The van der Waals surface area contributed by atoms with Gasteiger partial charge in [-0.25, -0.2) is 0 Å². The van der Waals surface area contributed by atoms with E-state index in [1.165, 1.54) is 0 Å². The molecule has 122 valence electrons. The fraction of sp³-hybridized carbons (Fsp3) is 0.0500. The van der Waals surface area contributed by atoms with Crippen molar-refractivity contribution in [3.63, 3.8) is 0 Å². The molecule has 5 heteroatoms. The van der Waals surface area contributed by atoms with Crippen LogP contribution in [-0.4, -0.2) is 10.1 Å². The van der Waals surface area contributed by atoms with Crippen LogP contribution in [0, 0.1) is 18.3 Å². The van der Waals surface area contributed by atoms with Gasteiger partial charge in [-0.3, -0.25) is 0 Å². The van der Waals surface area contributed by atoms with Crippen molar-refractivity contribution in [2.24, 2.45) is 0 Å². The Balaban J connectivity index is 1.88. The van der Waals surface area contributed by atoms with Gasteiger partial charge in [0.15, 0.2) is 0 Å². The lowest BCUT2D eigenvalue weighted by Crippen LogP contribution is -1.84. The largest absolute Gasteiger partial charge is 0.333 e. The average molecular weight is 392 g/mol. The van der Waals surface area contributed by atoms with Crippen molar-refractivity contribution in [2.75, 3.05) is 0 Å². The van der Waals surface area contributed by atoms with Crippen LogP contribution in [0.5, 0.6) is 0 Å². The first-order valence-electron chi connectivity index (χ1n) is 7.61. The predicted octanol–water partition coefficient (Wildman–Crippen LogP) is 5.39. The molecule has 0 spiro atoms. The van der Waals surface area contributed by atoms with Crippen molar-refractivity contribution in [1.82, 2.24) is 10.1 Å². The molecule has 3 aromatic rings. The Morgan fingerprint density at radius 2 is 1.84 bits per heavy atom. The maximum Gasteiger partial charge on any atom is 0.268 e. The highest BCUT2D eigenvalue weighted by Gasteiger charge is 2.13. The minimum Gasteiger partial charge on any atom is -0.333 e. The first kappa shape index (κ1) is 16.9. The average Bonchev–Trinajstić information content (AvgIpc) is 3.11. The molecule has 0 radical (unpaired) electrons. The summed E-state index contributed by atoms with van der Waals surface area (Å²) in [5.41, 5.74) is 3.32. The zero-order chi connectivity index (χ0) is 17.6. The van der Waals surface area contributed by atoms with E-state index in [1.54, 1.807) is 6.08 Å². The maximum atomic E-state index is 9.42. The number of nitriles is 1. The van der Waals surface area contributed by atoms with Crippen molar-refractivity contribution in [3.8, 4) is 17.5 Å². The summed E-state index contributed by atoms with van der Waals surface area (Å²) in [5, 5.41) is 13.4. The highest BCUT2D eigenvalue weighted by atomic mass is 79.9. The molecule has 0 fully saturated rings. The molecule has 0 saturated carbocycles. The maximum absolute atomic E-state index is 9.42. The van der Waals surface area contributed by atoms with Gasteiger partial charge < -0.3 is 4.52 Å². The van der Waals surface area contributed by atoms with Crippen molar-refractivity contribution in [3.05, 3.63) is 82.2 Å². The summed E-state index contributed by atoms with van der Waals surface area (Å²) >= 11 is 3.46. The number of nitrogens with zero attached hydrogens (tertiary/aromatic N) is 3. The van der Waals surface area contributed by atoms with E-state index in [1.807, 2.05) is 67.6 Å². The van der Waals surface area contributed by atoms with Crippen LogP contribution in [0.2, 0.25) is 0 Å². The van der Waals surface area contributed by atoms with Crippen LogP contribution in [0.4, 0.5) is 0 Å². The van der Waals surface area contributed by atoms with Crippen molar-refractivity contribution < 1.29 is 4.52 Å². The van der Waals surface area contributed by atoms with E-state index >= 15 is 0 Å². The second kappa shape index (κ2) is 7.73. The van der Waals surface area contributed by atoms with Gasteiger partial charge in [0.25, 0.3) is 5.89 Å². The van der Waals surface area contributed by atoms with E-state index in [9.17, 15) is 5.26 Å². The molecule has 0 aliphatic heterocycles. The molecule has 0 N–H and O–H groups in total. The van der Waals surface area contributed by atoms with Crippen LogP contribution in [0.15, 0.2) is 69.7 Å². The van der Waals surface area contributed by atoms with Crippen LogP contribution in [0.1, 0.15) is 17.0 Å². The molecule has 0 unspecified atom stereocenters. The molecule has 0 atom stereocenters. The highest BCUT2D eigenvalue weighted by Crippen LogP contribution is 2.23. The summed E-state index contributed by atoms with van der Waals surface area (Å²) in [6, 6.07) is 19.7. The molecular weight excluding hydrogens is 378 g/mol. The Kier molecular flexibility index (Phi) is 5.22. The zero-order valence-corrected chi connectivity index (χ0v) is 15.1. The molecule has 1 heterocycles. The number of allylic oxidation sites excluding steroid dienone is 3. The van der Waals surface area contributed by atoms with Crippen LogP contribution in [0.3, 0.4) is 0 Å². The summed E-state index contributed by atoms with van der Waals surface area (Å²) in [4.78, 5) is 4.32. The molecule has 0 aliphatic carbocycles. The number of aromatic nitrogens is 2. The molecular formula is C20H14BrN3O. The quantitative estimate of drug-likeness (QED) is 0.441. The SMILES string of the molecule is Cc1ccc(-c2noc(/C(C#N)=C/C(Br)=C/c3ccccc3)n2)cc1. The van der Waals surface area contributed by atoms with E-state index in [4.69, 9.17) is 4.52 Å². The molecule has 25 heavy (non-hydrogen) atoms. The monoisotopic (exact) mass is 391 g/mol. The minimum absolute atomic E-state index is 0.191. The Morgan fingerprint density at radius 3 is 2.52 bits per heavy atom. The normalized spacial score (nSPS) is 12.0. The summed E-state index contributed by atoms with van der Waals surface area (Å²) in [5.74, 6) is 0.649. The number of hydrogen-bond acceptors (Lipinski definition) is 4. The fourth-order valence-corrected chi connectivity index (χ4v) is 2.68. The van der Waals surface area contributed by atoms with E-state index in [-0.39, 0.29) is 5.89 Å². The van der Waals surface area contributed by atoms with Gasteiger partial charge in [-0.05, 0) is 24.6 Å². The molecule has 4 nitrogen and oxygen atoms in total. The van der Waals surface area contributed by atoms with Gasteiger partial charge in [-0.2, -0.15) is 10.2 Å². The number of halogens is 1. The third kappa shape index (κ3) is 4.31. The third-order valence-electron chi connectivity index (χ3n) is 3.47. The third-order valence-corrected chi connectivity index (χ3v) is 3.93. The molecule has 2 aromatic carbocycles. The first-order valence-corrected chi connectivity index (χ1v) is 8.40. The highest BCUT2D eigenvalue weighted by molar-refractivity contribution is 9.12. The van der Waals surface area contributed by atoms with Gasteiger partial charge in [0.2, 0.25) is 5.82 Å². The topological polar surface area (TPSA) is 62.7 Å². The van der Waals surface area contributed by atoms with Crippen molar-refractivity contribution in [1.29, 1.82) is 5.26 Å². The summed E-state index contributed by atoms with van der Waals surface area (Å²) in [7, 11) is 0. The van der Waals surface area contributed by atoms with Crippen LogP contribution >= 0.6 is 15.9 Å². The molecule has 1 aromatic heterocycles. The second-order valence-electron chi connectivity index (χ2n) is 5.40. The lowest BCUT2D eigenvalue weighted by Gasteiger charge is -1.95. The predicted molar refractivity (Wildman–Crippen MR) is 101 cm³/mol. The molecule has 0 bridgehead atoms. The molecule has 3 rings (SSSR count). The Morgan fingerprint density at radius 1 is 1.12 bits per heavy atom. The summed E-state index contributed by atoms with van der Waals surface area (Å²) in [6.07, 6.45) is 3.58. The van der Waals surface area contributed by atoms with Gasteiger partial charge >= 0.3 is 0 Å². The fourth-order valence-electron chi connectivity index (χ4n) is 2.18. The lowest BCUT2D eigenvalue weighted by atomic mass is 10.1. The first-order chi connectivity index (χ1) is 12.2. The van der Waals surface area contributed by atoms with E-state index in [0.717, 1.165) is 21.2 Å². The van der Waals surface area contributed by atoms with Crippen LogP contribution in [0.25, 0.3) is 23.0 Å². The van der Waals surface area contributed by atoms with Crippen LogP contribution in [-0.2, 0) is 0 Å². The number of hydrogen-bond donors (Lipinski definition) is 0. The lowest BCUT2D eigenvalue weighted by molar-refractivity contribution is 0.409. The van der Waals surface area contributed by atoms with Crippen molar-refractivity contribution in [2.45, 2.75) is 6.92 Å². The van der Waals surface area contributed by atoms with Gasteiger partial charge in [0.05, 0.1) is 0 Å². The van der Waals surface area contributed by atoms with E-state index in [2.05, 4.69) is 32.1 Å². The van der Waals surface area contributed by atoms with Crippen molar-refractivity contribution >= 4 is 27.6 Å². The smallest absolute Gasteiger partial charge is 0.268 e. The summed E-state index contributed by atoms with van der Waals surface area (Å²) < 4.78 is 5.99. The standard InChI is InChI=1S/C20H14BrN3O/c1-14-7-9-16(10-8-14)19-23-20(25-24-19)17(13-22)12-18(21)11-15-5-3-2-4-6-15/h2-12H,1H3/b17-12+,18-11-. The van der Waals surface area contributed by atoms with E-state index < -0.39 is 0 Å². The zero-order valence-electron chi connectivity index (χ0n) is 13.5. The number of benzene rings is 2. The minimum atomic E-state index is 0.191. The molecule has 0 amide bonds. The summed E-state index contributed by atoms with van der Waals surface area (Å²) in [6.45, 7) is 2.01. The second-order valence-corrected chi connectivity index (χ2v) is 6.31. The van der Waals surface area contributed by atoms with Gasteiger partial charge in [0, 0.05) is 10.0 Å².